The topological polar surface area (TPSA) is 51.5 Å². The summed E-state index contributed by atoms with van der Waals surface area (Å²) in [5.41, 5.74) is 0.626. The zero-order chi connectivity index (χ0) is 12.8. The molecule has 0 bridgehead atoms. The summed E-state index contributed by atoms with van der Waals surface area (Å²) in [6.07, 6.45) is 3.23. The van der Waals surface area contributed by atoms with Gasteiger partial charge in [0.1, 0.15) is 5.82 Å². The van der Waals surface area contributed by atoms with Crippen molar-refractivity contribution in [1.82, 2.24) is 14.6 Å². The number of nitrogens with zero attached hydrogens (tertiary/aromatic N) is 3. The molecule has 0 aliphatic rings. The second-order valence-electron chi connectivity index (χ2n) is 3.98. The molecule has 0 aliphatic carbocycles. The number of pyridine rings is 1. The maximum Gasteiger partial charge on any atom is 0.243 e. The number of anilines is 1. The van der Waals surface area contributed by atoms with Gasteiger partial charge in [-0.25, -0.2) is 8.91 Å². The van der Waals surface area contributed by atoms with E-state index in [2.05, 4.69) is 22.3 Å². The van der Waals surface area contributed by atoms with Crippen molar-refractivity contribution in [3.8, 4) is 0 Å². The number of nitrogens with one attached hydrogen (secondary N) is 1. The molecule has 2 aromatic rings. The van der Waals surface area contributed by atoms with E-state index in [4.69, 9.17) is 4.74 Å². The third-order valence-electron chi connectivity index (χ3n) is 2.39. The molecule has 0 atom stereocenters. The number of ether oxygens (including phenoxy) is 1. The maximum absolute atomic E-state index is 12.9. The van der Waals surface area contributed by atoms with Gasteiger partial charge >= 0.3 is 0 Å². The molecule has 0 spiro atoms. The molecule has 1 N–H and O–H groups in total. The van der Waals surface area contributed by atoms with E-state index in [1.807, 2.05) is 0 Å². The van der Waals surface area contributed by atoms with Crippen LogP contribution in [-0.4, -0.2) is 34.4 Å². The van der Waals surface area contributed by atoms with Gasteiger partial charge in [0.2, 0.25) is 5.95 Å². The van der Waals surface area contributed by atoms with Gasteiger partial charge in [0, 0.05) is 19.8 Å². The lowest BCUT2D eigenvalue weighted by atomic mass is 10.4. The Labute approximate surface area is 105 Å². The first-order chi connectivity index (χ1) is 8.79. The molecule has 0 fully saturated rings. The average Bonchev–Trinajstić information content (AvgIpc) is 2.75. The SMILES string of the molecule is CCCOCCCNc1nc2ccc(F)cn2n1. The molecule has 0 amide bonds. The van der Waals surface area contributed by atoms with Crippen molar-refractivity contribution in [2.24, 2.45) is 0 Å². The maximum atomic E-state index is 12.9. The smallest absolute Gasteiger partial charge is 0.243 e. The van der Waals surface area contributed by atoms with Crippen LogP contribution in [0.1, 0.15) is 19.8 Å². The van der Waals surface area contributed by atoms with Gasteiger partial charge in [-0.3, -0.25) is 0 Å². The zero-order valence-electron chi connectivity index (χ0n) is 10.4. The van der Waals surface area contributed by atoms with Crippen LogP contribution in [0, 0.1) is 5.82 Å². The molecule has 2 aromatic heterocycles. The van der Waals surface area contributed by atoms with Gasteiger partial charge in [-0.05, 0) is 25.0 Å². The van der Waals surface area contributed by atoms with Crippen LogP contribution in [0.2, 0.25) is 0 Å². The lowest BCUT2D eigenvalue weighted by molar-refractivity contribution is 0.134. The minimum absolute atomic E-state index is 0.327. The Morgan fingerprint density at radius 1 is 1.39 bits per heavy atom. The summed E-state index contributed by atoms with van der Waals surface area (Å²) >= 11 is 0. The fraction of sp³-hybridized carbons (Fsp3) is 0.500. The van der Waals surface area contributed by atoms with Gasteiger partial charge in [-0.1, -0.05) is 6.92 Å². The Bertz CT molecular complexity index is 500. The molecular formula is C12H17FN4O. The Morgan fingerprint density at radius 2 is 2.28 bits per heavy atom. The van der Waals surface area contributed by atoms with Gasteiger partial charge in [0.25, 0.3) is 0 Å². The summed E-state index contributed by atoms with van der Waals surface area (Å²) in [7, 11) is 0. The molecular weight excluding hydrogens is 235 g/mol. The highest BCUT2D eigenvalue weighted by atomic mass is 19.1. The van der Waals surface area contributed by atoms with E-state index in [-0.39, 0.29) is 5.82 Å². The number of hydrogen-bond donors (Lipinski definition) is 1. The van der Waals surface area contributed by atoms with E-state index in [9.17, 15) is 4.39 Å². The van der Waals surface area contributed by atoms with E-state index < -0.39 is 0 Å². The molecule has 2 rings (SSSR count). The van der Waals surface area contributed by atoms with E-state index in [0.29, 0.717) is 11.6 Å². The number of rotatable bonds is 7. The van der Waals surface area contributed by atoms with Crippen LogP contribution in [0.5, 0.6) is 0 Å². The predicted octanol–water partition coefficient (Wildman–Crippen LogP) is 2.10. The number of fused-ring (bicyclic) bond motifs is 1. The Balaban J connectivity index is 1.81. The van der Waals surface area contributed by atoms with E-state index in [0.717, 1.165) is 32.6 Å². The lowest BCUT2D eigenvalue weighted by Gasteiger charge is -2.02. The Morgan fingerprint density at radius 3 is 3.11 bits per heavy atom. The molecule has 18 heavy (non-hydrogen) atoms. The molecule has 0 unspecified atom stereocenters. The quantitative estimate of drug-likeness (QED) is 0.767. The molecule has 0 saturated heterocycles. The largest absolute Gasteiger partial charge is 0.381 e. The van der Waals surface area contributed by atoms with Crippen LogP contribution in [0.3, 0.4) is 0 Å². The summed E-state index contributed by atoms with van der Waals surface area (Å²) in [6, 6.07) is 2.96. The highest BCUT2D eigenvalue weighted by Crippen LogP contribution is 2.06. The standard InChI is InChI=1S/C12H17FN4O/c1-2-7-18-8-3-6-14-12-15-11-5-4-10(13)9-17(11)16-12/h4-5,9H,2-3,6-8H2,1H3,(H,14,16). The van der Waals surface area contributed by atoms with Gasteiger partial charge in [-0.2, -0.15) is 4.98 Å². The van der Waals surface area contributed by atoms with Gasteiger partial charge < -0.3 is 10.1 Å². The van der Waals surface area contributed by atoms with E-state index in [1.54, 1.807) is 6.07 Å². The van der Waals surface area contributed by atoms with E-state index >= 15 is 0 Å². The summed E-state index contributed by atoms with van der Waals surface area (Å²) in [4.78, 5) is 4.22. The first-order valence-electron chi connectivity index (χ1n) is 6.13. The molecule has 0 aromatic carbocycles. The third-order valence-corrected chi connectivity index (χ3v) is 2.39. The van der Waals surface area contributed by atoms with Crippen molar-refractivity contribution in [2.75, 3.05) is 25.1 Å². The molecule has 98 valence electrons. The minimum Gasteiger partial charge on any atom is -0.381 e. The van der Waals surface area contributed by atoms with Crippen molar-refractivity contribution in [1.29, 1.82) is 0 Å². The van der Waals surface area contributed by atoms with Crippen molar-refractivity contribution in [3.63, 3.8) is 0 Å². The summed E-state index contributed by atoms with van der Waals surface area (Å²) in [5, 5.41) is 7.21. The zero-order valence-corrected chi connectivity index (χ0v) is 10.4. The Kier molecular flexibility index (Phi) is 4.46. The molecule has 2 heterocycles. The summed E-state index contributed by atoms with van der Waals surface area (Å²) in [6.45, 7) is 4.34. The molecule has 6 heteroatoms. The van der Waals surface area contributed by atoms with Crippen LogP contribution in [0.25, 0.3) is 5.65 Å². The predicted molar refractivity (Wildman–Crippen MR) is 67.2 cm³/mol. The Hall–Kier alpha value is -1.69. The summed E-state index contributed by atoms with van der Waals surface area (Å²) < 4.78 is 19.7. The van der Waals surface area contributed by atoms with Gasteiger partial charge in [0.05, 0.1) is 6.20 Å². The van der Waals surface area contributed by atoms with Crippen LogP contribution in [0.4, 0.5) is 10.3 Å². The number of hydrogen-bond acceptors (Lipinski definition) is 4. The van der Waals surface area contributed by atoms with Crippen LogP contribution in [-0.2, 0) is 4.74 Å². The number of halogens is 1. The highest BCUT2D eigenvalue weighted by Gasteiger charge is 2.03. The minimum atomic E-state index is -0.327. The third kappa shape index (κ3) is 3.40. The van der Waals surface area contributed by atoms with Crippen LogP contribution < -0.4 is 5.32 Å². The van der Waals surface area contributed by atoms with Crippen molar-refractivity contribution in [2.45, 2.75) is 19.8 Å². The van der Waals surface area contributed by atoms with Crippen LogP contribution >= 0.6 is 0 Å². The van der Waals surface area contributed by atoms with Gasteiger partial charge in [0.15, 0.2) is 5.65 Å². The number of aromatic nitrogens is 3. The fourth-order valence-corrected chi connectivity index (χ4v) is 1.55. The van der Waals surface area contributed by atoms with E-state index in [1.165, 1.54) is 16.8 Å². The van der Waals surface area contributed by atoms with Crippen molar-refractivity contribution < 1.29 is 9.13 Å². The molecule has 0 radical (unpaired) electrons. The van der Waals surface area contributed by atoms with Crippen molar-refractivity contribution in [3.05, 3.63) is 24.1 Å². The van der Waals surface area contributed by atoms with Gasteiger partial charge in [-0.15, -0.1) is 5.10 Å². The lowest BCUT2D eigenvalue weighted by Crippen LogP contribution is -2.07. The summed E-state index contributed by atoms with van der Waals surface area (Å²) in [5.74, 6) is 0.183. The van der Waals surface area contributed by atoms with Crippen molar-refractivity contribution >= 4 is 11.6 Å². The highest BCUT2D eigenvalue weighted by molar-refractivity contribution is 5.42. The average molecular weight is 252 g/mol. The normalized spacial score (nSPS) is 11.0. The monoisotopic (exact) mass is 252 g/mol. The molecule has 5 nitrogen and oxygen atoms in total. The second kappa shape index (κ2) is 6.30. The molecule has 0 saturated carbocycles. The first kappa shape index (κ1) is 12.8. The fourth-order valence-electron chi connectivity index (χ4n) is 1.55. The molecule has 0 aliphatic heterocycles. The first-order valence-corrected chi connectivity index (χ1v) is 6.13. The van der Waals surface area contributed by atoms with Crippen LogP contribution in [0.15, 0.2) is 18.3 Å². The second-order valence-corrected chi connectivity index (χ2v) is 3.98.